The van der Waals surface area contributed by atoms with E-state index < -0.39 is 0 Å². The maximum absolute atomic E-state index is 9.25. The largest absolute Gasteiger partial charge is 0.395 e. The van der Waals surface area contributed by atoms with Gasteiger partial charge in [0, 0.05) is 17.0 Å². The van der Waals surface area contributed by atoms with Gasteiger partial charge in [-0.25, -0.2) is 0 Å². The summed E-state index contributed by atoms with van der Waals surface area (Å²) in [6.07, 6.45) is 0. The van der Waals surface area contributed by atoms with Crippen molar-refractivity contribution in [3.05, 3.63) is 35.4 Å². The van der Waals surface area contributed by atoms with Crippen LogP contribution in [0.1, 0.15) is 15.7 Å². The highest BCUT2D eigenvalue weighted by Crippen LogP contribution is 2.53. The molecule has 0 amide bonds. The van der Waals surface area contributed by atoms with E-state index in [2.05, 4.69) is 12.1 Å². The van der Waals surface area contributed by atoms with Crippen molar-refractivity contribution in [3.63, 3.8) is 0 Å². The zero-order valence-corrected chi connectivity index (χ0v) is 11.1. The van der Waals surface area contributed by atoms with Crippen molar-refractivity contribution in [1.82, 2.24) is 0 Å². The Morgan fingerprint density at radius 1 is 1.00 bits per heavy atom. The Balaban J connectivity index is 2.07. The van der Waals surface area contributed by atoms with Crippen molar-refractivity contribution in [2.75, 3.05) is 13.2 Å². The molecule has 5 heteroatoms. The minimum Gasteiger partial charge on any atom is -0.395 e. The Kier molecular flexibility index (Phi) is 4.76. The average molecular weight is 271 g/mol. The maximum atomic E-state index is 9.25. The monoisotopic (exact) mass is 271 g/mol. The van der Waals surface area contributed by atoms with Crippen LogP contribution in [-0.2, 0) is 6.54 Å². The van der Waals surface area contributed by atoms with Crippen LogP contribution in [-0.4, -0.2) is 33.9 Å². The first-order valence-corrected chi connectivity index (χ1v) is 7.48. The third-order valence-electron chi connectivity index (χ3n) is 2.86. The summed E-state index contributed by atoms with van der Waals surface area (Å²) in [5.41, 5.74) is 7.92. The highest BCUT2D eigenvalue weighted by atomic mass is 32.2. The van der Waals surface area contributed by atoms with E-state index in [1.165, 1.54) is 5.56 Å². The average Bonchev–Trinajstić information content (AvgIpc) is 2.82. The van der Waals surface area contributed by atoms with E-state index in [0.717, 1.165) is 5.56 Å². The molecule has 17 heavy (non-hydrogen) atoms. The summed E-state index contributed by atoms with van der Waals surface area (Å²) in [5.74, 6) is 0. The van der Waals surface area contributed by atoms with Gasteiger partial charge in [0.05, 0.1) is 17.8 Å². The van der Waals surface area contributed by atoms with E-state index in [0.29, 0.717) is 11.1 Å². The normalized spacial score (nSPS) is 28.5. The first kappa shape index (κ1) is 13.2. The van der Waals surface area contributed by atoms with Gasteiger partial charge in [-0.1, -0.05) is 24.3 Å². The molecule has 0 bridgehead atoms. The van der Waals surface area contributed by atoms with Crippen molar-refractivity contribution in [2.24, 2.45) is 5.73 Å². The number of aliphatic hydroxyl groups excluding tert-OH is 2. The molecule has 2 unspecified atom stereocenters. The molecular weight excluding hydrogens is 254 g/mol. The van der Waals surface area contributed by atoms with Crippen molar-refractivity contribution in [1.29, 1.82) is 0 Å². The molecule has 0 saturated carbocycles. The van der Waals surface area contributed by atoms with Crippen LogP contribution in [0.4, 0.5) is 0 Å². The van der Waals surface area contributed by atoms with Crippen molar-refractivity contribution >= 4 is 23.5 Å². The van der Waals surface area contributed by atoms with Crippen molar-refractivity contribution in [3.8, 4) is 0 Å². The molecule has 0 aliphatic carbocycles. The molecule has 1 heterocycles. The molecule has 2 rings (SSSR count). The lowest BCUT2D eigenvalue weighted by Crippen LogP contribution is -2.22. The lowest BCUT2D eigenvalue weighted by molar-refractivity contribution is 0.254. The predicted octanol–water partition coefficient (Wildman–Crippen LogP) is 1.35. The van der Waals surface area contributed by atoms with Crippen LogP contribution in [0, 0.1) is 0 Å². The minimum absolute atomic E-state index is 0.125. The maximum Gasteiger partial charge on any atom is 0.0759 e. The Labute approximate surface area is 110 Å². The van der Waals surface area contributed by atoms with E-state index in [1.54, 1.807) is 23.5 Å². The Bertz CT molecular complexity index is 346. The number of benzene rings is 1. The number of nitrogens with two attached hydrogens (primary N) is 1. The second kappa shape index (κ2) is 6.11. The molecule has 1 fully saturated rings. The van der Waals surface area contributed by atoms with Gasteiger partial charge in [0.15, 0.2) is 0 Å². The molecule has 1 aromatic carbocycles. The Hall–Kier alpha value is -0.200. The lowest BCUT2D eigenvalue weighted by Gasteiger charge is -2.10. The number of hydrogen-bond donors (Lipinski definition) is 3. The first-order chi connectivity index (χ1) is 8.28. The van der Waals surface area contributed by atoms with Crippen molar-refractivity contribution in [2.45, 2.75) is 21.6 Å². The van der Waals surface area contributed by atoms with Crippen LogP contribution in [0.2, 0.25) is 0 Å². The van der Waals surface area contributed by atoms with Crippen LogP contribution >= 0.6 is 23.5 Å². The number of hydrogen-bond acceptors (Lipinski definition) is 5. The molecule has 1 saturated heterocycles. The van der Waals surface area contributed by atoms with Crippen LogP contribution in [0.5, 0.6) is 0 Å². The van der Waals surface area contributed by atoms with E-state index in [9.17, 15) is 10.2 Å². The van der Waals surface area contributed by atoms with Crippen molar-refractivity contribution < 1.29 is 10.2 Å². The predicted molar refractivity (Wildman–Crippen MR) is 74.0 cm³/mol. The summed E-state index contributed by atoms with van der Waals surface area (Å²) in [5, 5.41) is 18.8. The van der Waals surface area contributed by atoms with Crippen LogP contribution in [0.15, 0.2) is 24.3 Å². The molecule has 0 radical (unpaired) electrons. The summed E-state index contributed by atoms with van der Waals surface area (Å²) in [6.45, 7) is 0.810. The quantitative estimate of drug-likeness (QED) is 0.771. The molecule has 1 aromatic rings. The zero-order valence-electron chi connectivity index (χ0n) is 9.45. The summed E-state index contributed by atoms with van der Waals surface area (Å²) in [4.78, 5) is 0. The fourth-order valence-electron chi connectivity index (χ4n) is 1.81. The van der Waals surface area contributed by atoms with Gasteiger partial charge in [-0.05, 0) is 11.1 Å². The van der Waals surface area contributed by atoms with Gasteiger partial charge < -0.3 is 15.9 Å². The molecule has 4 N–H and O–H groups in total. The highest BCUT2D eigenvalue weighted by molar-refractivity contribution is 8.20. The van der Waals surface area contributed by atoms with E-state index >= 15 is 0 Å². The van der Waals surface area contributed by atoms with E-state index in [-0.39, 0.29) is 23.7 Å². The second-order valence-corrected chi connectivity index (χ2v) is 6.99. The molecule has 2 atom stereocenters. The number of rotatable bonds is 4. The molecule has 0 spiro atoms. The van der Waals surface area contributed by atoms with Gasteiger partial charge in [-0.15, -0.1) is 23.5 Å². The number of aliphatic hydroxyl groups is 2. The van der Waals surface area contributed by atoms with Crippen LogP contribution < -0.4 is 5.73 Å². The summed E-state index contributed by atoms with van der Waals surface area (Å²) in [7, 11) is 0. The number of thioether (sulfide) groups is 2. The topological polar surface area (TPSA) is 66.5 Å². The highest BCUT2D eigenvalue weighted by Gasteiger charge is 2.35. The molecular formula is C12H17NO2S2. The fraction of sp³-hybridized carbons (Fsp3) is 0.500. The third-order valence-corrected chi connectivity index (χ3v) is 6.39. The molecule has 1 aliphatic rings. The SMILES string of the molecule is NCc1ccc(C2SC(CO)C(CO)S2)cc1. The van der Waals surface area contributed by atoms with Crippen LogP contribution in [0.25, 0.3) is 0 Å². The third kappa shape index (κ3) is 2.98. The summed E-state index contributed by atoms with van der Waals surface area (Å²) in [6, 6.07) is 8.25. The van der Waals surface area contributed by atoms with Gasteiger partial charge in [0.2, 0.25) is 0 Å². The second-order valence-electron chi connectivity index (χ2n) is 3.99. The van der Waals surface area contributed by atoms with Gasteiger partial charge in [0.1, 0.15) is 0 Å². The molecule has 1 aliphatic heterocycles. The first-order valence-electron chi connectivity index (χ1n) is 5.60. The van der Waals surface area contributed by atoms with Gasteiger partial charge in [-0.2, -0.15) is 0 Å². The Morgan fingerprint density at radius 2 is 1.53 bits per heavy atom. The fourth-order valence-corrected chi connectivity index (χ4v) is 5.27. The molecule has 3 nitrogen and oxygen atoms in total. The zero-order chi connectivity index (χ0) is 12.3. The van der Waals surface area contributed by atoms with Crippen LogP contribution in [0.3, 0.4) is 0 Å². The summed E-state index contributed by atoms with van der Waals surface area (Å²) >= 11 is 3.46. The van der Waals surface area contributed by atoms with E-state index in [4.69, 9.17) is 5.73 Å². The molecule has 94 valence electrons. The Morgan fingerprint density at radius 3 is 1.94 bits per heavy atom. The smallest absolute Gasteiger partial charge is 0.0759 e. The molecule has 0 aromatic heterocycles. The summed E-state index contributed by atoms with van der Waals surface area (Å²) < 4.78 is 0.302. The van der Waals surface area contributed by atoms with Gasteiger partial charge >= 0.3 is 0 Å². The van der Waals surface area contributed by atoms with E-state index in [1.807, 2.05) is 12.1 Å². The standard InChI is InChI=1S/C12H17NO2S2/c13-5-8-1-3-9(4-2-8)12-16-10(6-14)11(7-15)17-12/h1-4,10-12,14-15H,5-7,13H2. The van der Waals surface area contributed by atoms with Gasteiger partial charge in [0.25, 0.3) is 0 Å². The lowest BCUT2D eigenvalue weighted by atomic mass is 10.1. The van der Waals surface area contributed by atoms with Gasteiger partial charge in [-0.3, -0.25) is 0 Å². The minimum atomic E-state index is 0.125.